The quantitative estimate of drug-likeness (QED) is 0.428. The van der Waals surface area contributed by atoms with Gasteiger partial charge in [-0.15, -0.1) is 0 Å². The molecule has 4 heteroatoms. The van der Waals surface area contributed by atoms with Gasteiger partial charge in [0.1, 0.15) is 6.20 Å². The fourth-order valence-corrected chi connectivity index (χ4v) is 0.505. The summed E-state index contributed by atoms with van der Waals surface area (Å²) in [5.74, 6) is 0. The molecule has 0 amide bonds. The first-order valence-corrected chi connectivity index (χ1v) is 2.56. The molecular formula is C6H4N2O2. The van der Waals surface area contributed by atoms with E-state index in [0.29, 0.717) is 0 Å². The lowest BCUT2D eigenvalue weighted by atomic mass is 10.3. The van der Waals surface area contributed by atoms with E-state index in [0.717, 1.165) is 6.20 Å². The minimum Gasteiger partial charge on any atom is -0.258 e. The Balaban J connectivity index is 3.00. The van der Waals surface area contributed by atoms with Crippen molar-refractivity contribution in [2.45, 2.75) is 0 Å². The number of aromatic nitrogens is 1. The zero-order valence-electron chi connectivity index (χ0n) is 5.02. The topological polar surface area (TPSA) is 56.0 Å². The number of rotatable bonds is 1. The Hall–Kier alpha value is -1.45. The van der Waals surface area contributed by atoms with Crippen LogP contribution in [0.3, 0.4) is 0 Å². The first-order chi connectivity index (χ1) is 4.70. The molecule has 10 heavy (non-hydrogen) atoms. The molecule has 0 aliphatic carbocycles. The van der Waals surface area contributed by atoms with Gasteiger partial charge in [0.05, 0.1) is 4.92 Å². The predicted molar refractivity (Wildman–Crippen MR) is 34.3 cm³/mol. The van der Waals surface area contributed by atoms with E-state index in [1.165, 1.54) is 12.1 Å². The molecule has 0 bridgehead atoms. The molecule has 2 radical (unpaired) electrons. The highest BCUT2D eigenvalue weighted by molar-refractivity contribution is 5.27. The Kier molecular flexibility index (Phi) is 1.62. The van der Waals surface area contributed by atoms with Crippen LogP contribution in [0, 0.1) is 17.0 Å². The largest absolute Gasteiger partial charge is 0.287 e. The Bertz CT molecular complexity index is 242. The van der Waals surface area contributed by atoms with Gasteiger partial charge in [-0.25, -0.2) is 0 Å². The summed E-state index contributed by atoms with van der Waals surface area (Å²) in [6.45, 7) is 5.19. The number of hydrogen-bond acceptors (Lipinski definition) is 3. The van der Waals surface area contributed by atoms with Crippen LogP contribution >= 0.6 is 0 Å². The lowest BCUT2D eigenvalue weighted by molar-refractivity contribution is -0.385. The van der Waals surface area contributed by atoms with Gasteiger partial charge in [0.15, 0.2) is 0 Å². The van der Waals surface area contributed by atoms with Crippen LogP contribution in [0.2, 0.25) is 0 Å². The molecule has 0 N–H and O–H groups in total. The second-order valence-electron chi connectivity index (χ2n) is 1.70. The summed E-state index contributed by atoms with van der Waals surface area (Å²) in [6, 6.07) is 2.69. The highest BCUT2D eigenvalue weighted by Gasteiger charge is 2.02. The van der Waals surface area contributed by atoms with Gasteiger partial charge in [-0.3, -0.25) is 15.1 Å². The van der Waals surface area contributed by atoms with Crippen LogP contribution < -0.4 is 0 Å². The first-order valence-electron chi connectivity index (χ1n) is 2.56. The molecule has 0 fully saturated rings. The maximum atomic E-state index is 10.0. The average Bonchev–Trinajstić information content (AvgIpc) is 1.88. The summed E-state index contributed by atoms with van der Waals surface area (Å²) in [7, 11) is 0. The average molecular weight is 136 g/mol. The maximum Gasteiger partial charge on any atom is 0.287 e. The monoisotopic (exact) mass is 136 g/mol. The van der Waals surface area contributed by atoms with Crippen LogP contribution in [-0.2, 0) is 0 Å². The highest BCUT2D eigenvalue weighted by atomic mass is 16.6. The Morgan fingerprint density at radius 1 is 1.60 bits per heavy atom. The third kappa shape index (κ3) is 1.28. The third-order valence-corrected chi connectivity index (χ3v) is 0.982. The van der Waals surface area contributed by atoms with E-state index >= 15 is 0 Å². The summed E-state index contributed by atoms with van der Waals surface area (Å²) in [5, 5.41) is 10.0. The van der Waals surface area contributed by atoms with Gasteiger partial charge < -0.3 is 0 Å². The van der Waals surface area contributed by atoms with Gasteiger partial charge in [-0.05, 0) is 6.07 Å². The second kappa shape index (κ2) is 2.43. The molecule has 0 atom stereocenters. The van der Waals surface area contributed by atoms with Gasteiger partial charge in [0.25, 0.3) is 5.69 Å². The van der Waals surface area contributed by atoms with Crippen molar-refractivity contribution >= 4 is 5.69 Å². The summed E-state index contributed by atoms with van der Waals surface area (Å²) in [6.07, 6.45) is 1.12. The summed E-state index contributed by atoms with van der Waals surface area (Å²) < 4.78 is 0. The Morgan fingerprint density at radius 2 is 2.30 bits per heavy atom. The molecule has 1 rings (SSSR count). The normalized spacial score (nSPS) is 9.30. The zero-order chi connectivity index (χ0) is 7.56. The SMILES string of the molecule is [CH]c1ccc([N+](=O)[O-])cn1. The smallest absolute Gasteiger partial charge is 0.258 e. The highest BCUT2D eigenvalue weighted by Crippen LogP contribution is 2.07. The summed E-state index contributed by atoms with van der Waals surface area (Å²) in [4.78, 5) is 13.1. The molecule has 0 aliphatic heterocycles. The van der Waals surface area contributed by atoms with Crippen molar-refractivity contribution in [3.8, 4) is 0 Å². The van der Waals surface area contributed by atoms with Gasteiger partial charge in [-0.2, -0.15) is 0 Å². The van der Waals surface area contributed by atoms with Crippen molar-refractivity contribution in [3.63, 3.8) is 0 Å². The Morgan fingerprint density at radius 3 is 2.70 bits per heavy atom. The second-order valence-corrected chi connectivity index (χ2v) is 1.70. The number of pyridine rings is 1. The fraction of sp³-hybridized carbons (Fsp3) is 0. The molecule has 1 aromatic heterocycles. The molecule has 0 spiro atoms. The van der Waals surface area contributed by atoms with Crippen molar-refractivity contribution in [2.24, 2.45) is 0 Å². The third-order valence-electron chi connectivity index (χ3n) is 0.982. The van der Waals surface area contributed by atoms with E-state index in [4.69, 9.17) is 6.92 Å². The summed E-state index contributed by atoms with van der Waals surface area (Å²) >= 11 is 0. The molecule has 0 saturated carbocycles. The molecule has 0 saturated heterocycles. The van der Waals surface area contributed by atoms with E-state index in [-0.39, 0.29) is 11.4 Å². The van der Waals surface area contributed by atoms with Gasteiger partial charge in [0.2, 0.25) is 0 Å². The van der Waals surface area contributed by atoms with Crippen molar-refractivity contribution in [1.29, 1.82) is 0 Å². The lowest BCUT2D eigenvalue weighted by Gasteiger charge is -1.89. The molecule has 0 unspecified atom stereocenters. The zero-order valence-corrected chi connectivity index (χ0v) is 5.02. The fourth-order valence-electron chi connectivity index (χ4n) is 0.505. The standard InChI is InChI=1S/C6H4N2O2/c1-5-2-3-6(4-7-5)8(9)10/h1-4H. The minimum atomic E-state index is -0.521. The molecule has 50 valence electrons. The van der Waals surface area contributed by atoms with Crippen LogP contribution in [0.5, 0.6) is 0 Å². The molecule has 0 aliphatic rings. The molecule has 1 aromatic rings. The van der Waals surface area contributed by atoms with Crippen molar-refractivity contribution in [1.82, 2.24) is 4.98 Å². The lowest BCUT2D eigenvalue weighted by Crippen LogP contribution is -1.88. The van der Waals surface area contributed by atoms with E-state index in [2.05, 4.69) is 4.98 Å². The first kappa shape index (κ1) is 6.67. The van der Waals surface area contributed by atoms with Gasteiger partial charge in [-0.1, -0.05) is 0 Å². The summed E-state index contributed by atoms with van der Waals surface area (Å²) in [5.41, 5.74) is 0.236. The van der Waals surface area contributed by atoms with Crippen LogP contribution in [0.1, 0.15) is 5.69 Å². The van der Waals surface area contributed by atoms with E-state index in [1.54, 1.807) is 0 Å². The number of nitrogens with zero attached hydrogens (tertiary/aromatic N) is 2. The van der Waals surface area contributed by atoms with Crippen LogP contribution in [0.4, 0.5) is 5.69 Å². The van der Waals surface area contributed by atoms with E-state index in [9.17, 15) is 10.1 Å². The molecular weight excluding hydrogens is 132 g/mol. The molecule has 4 nitrogen and oxygen atoms in total. The van der Waals surface area contributed by atoms with Crippen LogP contribution in [0.25, 0.3) is 0 Å². The van der Waals surface area contributed by atoms with Crippen LogP contribution in [0.15, 0.2) is 18.3 Å². The van der Waals surface area contributed by atoms with Gasteiger partial charge >= 0.3 is 0 Å². The number of nitro groups is 1. The minimum absolute atomic E-state index is 0.0470. The van der Waals surface area contributed by atoms with E-state index < -0.39 is 4.92 Å². The van der Waals surface area contributed by atoms with Crippen LogP contribution in [-0.4, -0.2) is 9.91 Å². The van der Waals surface area contributed by atoms with Gasteiger partial charge in [0, 0.05) is 18.7 Å². The van der Waals surface area contributed by atoms with Crippen molar-refractivity contribution < 1.29 is 4.92 Å². The van der Waals surface area contributed by atoms with Crippen molar-refractivity contribution in [3.05, 3.63) is 41.1 Å². The predicted octanol–water partition coefficient (Wildman–Crippen LogP) is 1.05. The molecule has 1 heterocycles. The van der Waals surface area contributed by atoms with E-state index in [1.807, 2.05) is 0 Å². The van der Waals surface area contributed by atoms with Crippen molar-refractivity contribution in [2.75, 3.05) is 0 Å². The molecule has 0 aromatic carbocycles. The Labute approximate surface area is 57.7 Å². The number of hydrogen-bond donors (Lipinski definition) is 0. The maximum absolute atomic E-state index is 10.0.